The number of nitrogens with zero attached hydrogens (tertiary/aromatic N) is 4. The fourth-order valence-corrected chi connectivity index (χ4v) is 7.42. The number of urea groups is 1. The van der Waals surface area contributed by atoms with Gasteiger partial charge in [0.25, 0.3) is 0 Å². The third kappa shape index (κ3) is 6.45. The maximum absolute atomic E-state index is 14.5. The van der Waals surface area contributed by atoms with Gasteiger partial charge in [0.1, 0.15) is 6.04 Å². The summed E-state index contributed by atoms with van der Waals surface area (Å²) in [6.45, 7) is 8.51. The first kappa shape index (κ1) is 32.5. The SMILES string of the molecule is CC(c1c[nH]c2ccccc12)C(NC(=O)N(CCN(C)C)C(C)C)C(=O)N1CCC2(CC1)CC(C(=O)N(C)C)c1ccccc12. The zero-order chi connectivity index (χ0) is 32.5. The van der Waals surface area contributed by atoms with Crippen LogP contribution < -0.4 is 5.32 Å². The molecule has 5 rings (SSSR count). The Balaban J connectivity index is 1.40. The number of aromatic amines is 1. The van der Waals surface area contributed by atoms with Crippen LogP contribution in [0, 0.1) is 0 Å². The average molecular weight is 615 g/mol. The van der Waals surface area contributed by atoms with E-state index in [1.165, 1.54) is 5.56 Å². The van der Waals surface area contributed by atoms with Crippen molar-refractivity contribution in [2.45, 2.75) is 69.4 Å². The summed E-state index contributed by atoms with van der Waals surface area (Å²) in [5, 5.41) is 4.25. The molecule has 2 heterocycles. The number of amides is 4. The lowest BCUT2D eigenvalue weighted by molar-refractivity contribution is -0.136. The van der Waals surface area contributed by atoms with Crippen LogP contribution in [0.5, 0.6) is 0 Å². The van der Waals surface area contributed by atoms with Crippen LogP contribution in [0.4, 0.5) is 4.79 Å². The van der Waals surface area contributed by atoms with Crippen molar-refractivity contribution in [3.63, 3.8) is 0 Å². The topological polar surface area (TPSA) is 92.0 Å². The number of likely N-dealkylation sites (N-methyl/N-ethyl adjacent to an activating group) is 2. The molecule has 1 aliphatic heterocycles. The molecular formula is C36H50N6O3. The molecule has 45 heavy (non-hydrogen) atoms. The minimum Gasteiger partial charge on any atom is -0.361 e. The average Bonchev–Trinajstić information content (AvgIpc) is 3.59. The largest absolute Gasteiger partial charge is 0.361 e. The predicted molar refractivity (Wildman–Crippen MR) is 179 cm³/mol. The number of likely N-dealkylation sites (tertiary alicyclic amines) is 1. The van der Waals surface area contributed by atoms with Crippen LogP contribution in [-0.2, 0) is 15.0 Å². The third-order valence-corrected chi connectivity index (χ3v) is 10.1. The first-order valence-corrected chi connectivity index (χ1v) is 16.3. The van der Waals surface area contributed by atoms with E-state index in [0.29, 0.717) is 19.6 Å². The molecule has 4 amide bonds. The molecule has 2 aliphatic rings. The molecule has 9 nitrogen and oxygen atoms in total. The number of H-pyrrole nitrogens is 1. The smallest absolute Gasteiger partial charge is 0.318 e. The third-order valence-electron chi connectivity index (χ3n) is 10.1. The summed E-state index contributed by atoms with van der Waals surface area (Å²) in [4.78, 5) is 52.3. The molecule has 1 fully saturated rings. The Morgan fingerprint density at radius 2 is 1.62 bits per heavy atom. The van der Waals surface area contributed by atoms with Gasteiger partial charge >= 0.3 is 6.03 Å². The molecule has 2 aromatic carbocycles. The molecule has 1 aliphatic carbocycles. The Hall–Kier alpha value is -3.85. The van der Waals surface area contributed by atoms with Gasteiger partial charge in [-0.25, -0.2) is 4.79 Å². The van der Waals surface area contributed by atoms with Crippen molar-refractivity contribution in [3.8, 4) is 0 Å². The van der Waals surface area contributed by atoms with Crippen molar-refractivity contribution < 1.29 is 14.4 Å². The number of carbonyl (C=O) groups excluding carboxylic acids is 3. The van der Waals surface area contributed by atoms with Gasteiger partial charge in [0.05, 0.1) is 5.92 Å². The molecule has 3 unspecified atom stereocenters. The number of hydrogen-bond acceptors (Lipinski definition) is 4. The van der Waals surface area contributed by atoms with Crippen LogP contribution in [0.2, 0.25) is 0 Å². The van der Waals surface area contributed by atoms with E-state index in [1.54, 1.807) is 4.90 Å². The highest BCUT2D eigenvalue weighted by Crippen LogP contribution is 2.52. The van der Waals surface area contributed by atoms with Crippen molar-refractivity contribution in [2.24, 2.45) is 0 Å². The highest BCUT2D eigenvalue weighted by atomic mass is 16.2. The molecule has 0 radical (unpaired) electrons. The summed E-state index contributed by atoms with van der Waals surface area (Å²) in [5.74, 6) is -0.334. The molecular weight excluding hydrogens is 564 g/mol. The van der Waals surface area contributed by atoms with E-state index >= 15 is 0 Å². The van der Waals surface area contributed by atoms with E-state index < -0.39 is 6.04 Å². The van der Waals surface area contributed by atoms with Crippen molar-refractivity contribution in [1.82, 2.24) is 29.9 Å². The van der Waals surface area contributed by atoms with Gasteiger partial charge in [-0.2, -0.15) is 0 Å². The number of para-hydroxylation sites is 1. The Labute approximate surface area is 267 Å². The fraction of sp³-hybridized carbons (Fsp3) is 0.528. The number of hydrogen-bond donors (Lipinski definition) is 2. The van der Waals surface area contributed by atoms with Crippen LogP contribution in [0.3, 0.4) is 0 Å². The summed E-state index contributed by atoms with van der Waals surface area (Å²) in [6, 6.07) is 15.5. The first-order valence-electron chi connectivity index (χ1n) is 16.3. The Bertz CT molecular complexity index is 1520. The minimum atomic E-state index is -0.731. The lowest BCUT2D eigenvalue weighted by Gasteiger charge is -2.42. The second-order valence-corrected chi connectivity index (χ2v) is 13.8. The normalized spacial score (nSPS) is 18.7. The number of fused-ring (bicyclic) bond motifs is 3. The summed E-state index contributed by atoms with van der Waals surface area (Å²) in [5.41, 5.74) is 4.26. The molecule has 3 atom stereocenters. The van der Waals surface area contributed by atoms with Crippen molar-refractivity contribution in [1.29, 1.82) is 0 Å². The van der Waals surface area contributed by atoms with Crippen LogP contribution >= 0.6 is 0 Å². The number of nitrogens with one attached hydrogen (secondary N) is 2. The predicted octanol–water partition coefficient (Wildman–Crippen LogP) is 4.76. The fourth-order valence-electron chi connectivity index (χ4n) is 7.42. The van der Waals surface area contributed by atoms with Gasteiger partial charge in [-0.05, 0) is 70.0 Å². The first-order chi connectivity index (χ1) is 21.4. The summed E-state index contributed by atoms with van der Waals surface area (Å²) in [7, 11) is 7.63. The molecule has 2 N–H and O–H groups in total. The zero-order valence-electron chi connectivity index (χ0n) is 28.0. The number of carbonyl (C=O) groups is 3. The van der Waals surface area contributed by atoms with Gasteiger partial charge in [0, 0.05) is 74.7 Å². The molecule has 1 spiro atoms. The molecule has 0 saturated carbocycles. The van der Waals surface area contributed by atoms with Crippen LogP contribution in [-0.4, -0.2) is 109 Å². The lowest BCUT2D eigenvalue weighted by Crippen LogP contribution is -2.57. The molecule has 242 valence electrons. The van der Waals surface area contributed by atoms with E-state index in [1.807, 2.05) is 89.2 Å². The molecule has 0 bridgehead atoms. The number of rotatable bonds is 9. The maximum atomic E-state index is 14.5. The van der Waals surface area contributed by atoms with E-state index in [2.05, 4.69) is 39.5 Å². The Morgan fingerprint density at radius 3 is 2.29 bits per heavy atom. The number of benzene rings is 2. The quantitative estimate of drug-likeness (QED) is 0.364. The standard InChI is InChI=1S/C36H50N6O3/c1-24(2)42(21-20-39(4)5)35(45)38-32(25(3)29-23-37-31-15-11-9-13-27(29)31)34(44)41-18-16-36(17-19-41)22-28(33(43)40(6)7)26-12-8-10-14-30(26)36/h8-15,23-25,28,32,37H,16-22H2,1-7H3,(H,38,45). The summed E-state index contributed by atoms with van der Waals surface area (Å²) < 4.78 is 0. The van der Waals surface area contributed by atoms with Gasteiger partial charge in [-0.15, -0.1) is 0 Å². The molecule has 1 saturated heterocycles. The van der Waals surface area contributed by atoms with Crippen molar-refractivity contribution >= 4 is 28.7 Å². The van der Waals surface area contributed by atoms with E-state index in [0.717, 1.165) is 47.8 Å². The lowest BCUT2D eigenvalue weighted by atomic mass is 9.73. The van der Waals surface area contributed by atoms with E-state index in [9.17, 15) is 14.4 Å². The maximum Gasteiger partial charge on any atom is 0.318 e. The van der Waals surface area contributed by atoms with Gasteiger partial charge in [-0.3, -0.25) is 9.59 Å². The zero-order valence-corrected chi connectivity index (χ0v) is 28.0. The van der Waals surface area contributed by atoms with Crippen LogP contribution in [0.25, 0.3) is 10.9 Å². The van der Waals surface area contributed by atoms with E-state index in [4.69, 9.17) is 0 Å². The Kier molecular flexibility index (Phi) is 9.58. The summed E-state index contributed by atoms with van der Waals surface area (Å²) in [6.07, 6.45) is 4.31. The monoisotopic (exact) mass is 614 g/mol. The number of piperidine rings is 1. The Morgan fingerprint density at radius 1 is 0.956 bits per heavy atom. The highest BCUT2D eigenvalue weighted by molar-refractivity contribution is 5.91. The molecule has 9 heteroatoms. The van der Waals surface area contributed by atoms with Crippen LogP contribution in [0.1, 0.15) is 68.6 Å². The van der Waals surface area contributed by atoms with Gasteiger partial charge < -0.3 is 29.9 Å². The van der Waals surface area contributed by atoms with Gasteiger partial charge in [0.2, 0.25) is 11.8 Å². The molecule has 3 aromatic rings. The highest BCUT2D eigenvalue weighted by Gasteiger charge is 2.49. The molecule has 1 aromatic heterocycles. The second-order valence-electron chi connectivity index (χ2n) is 13.8. The number of aromatic nitrogens is 1. The van der Waals surface area contributed by atoms with Crippen molar-refractivity contribution in [2.75, 3.05) is 54.4 Å². The second kappa shape index (κ2) is 13.3. The van der Waals surface area contributed by atoms with Crippen LogP contribution in [0.15, 0.2) is 54.7 Å². The van der Waals surface area contributed by atoms with Gasteiger partial charge in [0.15, 0.2) is 0 Å². The summed E-state index contributed by atoms with van der Waals surface area (Å²) >= 11 is 0. The van der Waals surface area contributed by atoms with E-state index in [-0.39, 0.29) is 41.1 Å². The minimum absolute atomic E-state index is 0.0146. The van der Waals surface area contributed by atoms with Gasteiger partial charge in [-0.1, -0.05) is 49.4 Å². The van der Waals surface area contributed by atoms with Crippen molar-refractivity contribution in [3.05, 3.63) is 71.4 Å².